The van der Waals surface area contributed by atoms with E-state index in [-0.39, 0.29) is 43.8 Å². The lowest BCUT2D eigenvalue weighted by Gasteiger charge is -2.33. The predicted molar refractivity (Wildman–Crippen MR) is 124 cm³/mol. The molecule has 1 fully saturated rings. The first-order chi connectivity index (χ1) is 18.7. The summed E-state index contributed by atoms with van der Waals surface area (Å²) in [5.41, 5.74) is -4.55. The van der Waals surface area contributed by atoms with Crippen molar-refractivity contribution in [1.29, 1.82) is 0 Å². The Morgan fingerprint density at radius 1 is 1.02 bits per heavy atom. The second-order valence-electron chi connectivity index (χ2n) is 8.55. The van der Waals surface area contributed by atoms with E-state index in [2.05, 4.69) is 25.4 Å². The van der Waals surface area contributed by atoms with Crippen molar-refractivity contribution in [1.82, 2.24) is 25.1 Å². The number of carbonyl (C=O) groups is 1. The van der Waals surface area contributed by atoms with Crippen LogP contribution in [0, 0.1) is 5.82 Å². The molecular formula is C22H19F7N8O3. The number of halogens is 7. The van der Waals surface area contributed by atoms with Crippen LogP contribution in [-0.4, -0.2) is 63.3 Å². The summed E-state index contributed by atoms with van der Waals surface area (Å²) in [6, 6.07) is 0.273. The Morgan fingerprint density at radius 3 is 2.35 bits per heavy atom. The second-order valence-corrected chi connectivity index (χ2v) is 8.55. The number of anilines is 3. The van der Waals surface area contributed by atoms with Gasteiger partial charge < -0.3 is 15.0 Å². The first-order valence-corrected chi connectivity index (χ1v) is 11.4. The Labute approximate surface area is 220 Å². The lowest BCUT2D eigenvalue weighted by molar-refractivity contribution is -0.139. The van der Waals surface area contributed by atoms with Crippen molar-refractivity contribution < 1.29 is 40.3 Å². The fourth-order valence-corrected chi connectivity index (χ4v) is 3.70. The van der Waals surface area contributed by atoms with Crippen LogP contribution < -0.4 is 25.4 Å². The number of hydrogen-bond acceptors (Lipinski definition) is 9. The first-order valence-electron chi connectivity index (χ1n) is 11.4. The summed E-state index contributed by atoms with van der Waals surface area (Å²) in [5, 5.41) is 7.51. The molecule has 0 unspecified atom stereocenters. The van der Waals surface area contributed by atoms with Gasteiger partial charge in [-0.3, -0.25) is 14.5 Å². The van der Waals surface area contributed by atoms with Crippen LogP contribution in [0.25, 0.3) is 0 Å². The van der Waals surface area contributed by atoms with Gasteiger partial charge in [-0.1, -0.05) is 0 Å². The van der Waals surface area contributed by atoms with Crippen LogP contribution in [-0.2, 0) is 17.1 Å². The first kappa shape index (κ1) is 28.5. The summed E-state index contributed by atoms with van der Waals surface area (Å²) in [6.45, 7) is 0.909. The minimum absolute atomic E-state index is 0.00755. The Balaban J connectivity index is 1.40. The smallest absolute Gasteiger partial charge is 0.423 e. The van der Waals surface area contributed by atoms with Gasteiger partial charge in [0.15, 0.2) is 11.6 Å². The maximum atomic E-state index is 14.4. The number of nitrogens with zero attached hydrogens (tertiary/aromatic N) is 6. The van der Waals surface area contributed by atoms with Gasteiger partial charge in [-0.05, 0) is 6.92 Å². The van der Waals surface area contributed by atoms with E-state index in [0.29, 0.717) is 12.4 Å². The second kappa shape index (κ2) is 10.9. The summed E-state index contributed by atoms with van der Waals surface area (Å²) < 4.78 is 97.7. The Kier molecular flexibility index (Phi) is 7.79. The van der Waals surface area contributed by atoms with Crippen LogP contribution >= 0.6 is 0 Å². The van der Waals surface area contributed by atoms with Gasteiger partial charge in [0.25, 0.3) is 5.56 Å². The number of aromatic amines is 1. The largest absolute Gasteiger partial charge is 0.488 e. The maximum absolute atomic E-state index is 14.4. The normalized spacial score (nSPS) is 15.2. The van der Waals surface area contributed by atoms with E-state index in [1.54, 1.807) is 5.10 Å². The van der Waals surface area contributed by atoms with Crippen molar-refractivity contribution in [2.45, 2.75) is 25.3 Å². The molecule has 0 radical (unpaired) electrons. The Bertz CT molecular complexity index is 1430. The number of rotatable bonds is 7. The molecule has 1 saturated heterocycles. The fourth-order valence-electron chi connectivity index (χ4n) is 3.70. The van der Waals surface area contributed by atoms with Gasteiger partial charge in [-0.15, -0.1) is 0 Å². The molecule has 11 nitrogen and oxygen atoms in total. The van der Waals surface area contributed by atoms with E-state index in [4.69, 9.17) is 4.74 Å². The third-order valence-corrected chi connectivity index (χ3v) is 5.58. The summed E-state index contributed by atoms with van der Waals surface area (Å²) in [4.78, 5) is 38.1. The number of hydrogen-bond donors (Lipinski definition) is 2. The van der Waals surface area contributed by atoms with Gasteiger partial charge in [0.05, 0.1) is 29.7 Å². The number of pyridine rings is 1. The SMILES string of the molecule is C[C@@H](COc1cc(N2CCN(c3ncc(C(F)(F)F)cn3)CC2=O)ncc1F)Nc1cn[nH]c(=O)c1C(F)(F)F. The van der Waals surface area contributed by atoms with Gasteiger partial charge in [-0.25, -0.2) is 24.4 Å². The van der Waals surface area contributed by atoms with Crippen molar-refractivity contribution in [3.63, 3.8) is 0 Å². The van der Waals surface area contributed by atoms with Crippen molar-refractivity contribution in [2.24, 2.45) is 0 Å². The molecule has 1 aliphatic rings. The molecule has 0 aliphatic carbocycles. The zero-order valence-corrected chi connectivity index (χ0v) is 20.3. The predicted octanol–water partition coefficient (Wildman–Crippen LogP) is 2.86. The van der Waals surface area contributed by atoms with Crippen LogP contribution in [0.2, 0.25) is 0 Å². The molecule has 4 rings (SSSR count). The molecule has 40 heavy (non-hydrogen) atoms. The number of H-pyrrole nitrogens is 1. The molecule has 18 heteroatoms. The van der Waals surface area contributed by atoms with Crippen LogP contribution in [0.15, 0.2) is 35.6 Å². The van der Waals surface area contributed by atoms with Crippen LogP contribution in [0.5, 0.6) is 5.75 Å². The minimum Gasteiger partial charge on any atom is -0.488 e. The fraction of sp³-hybridized carbons (Fsp3) is 0.364. The monoisotopic (exact) mass is 576 g/mol. The summed E-state index contributed by atoms with van der Waals surface area (Å²) in [7, 11) is 0. The Hall–Kier alpha value is -4.51. The van der Waals surface area contributed by atoms with E-state index in [1.165, 1.54) is 16.7 Å². The molecule has 1 amide bonds. The quantitative estimate of drug-likeness (QED) is 0.408. The zero-order valence-electron chi connectivity index (χ0n) is 20.3. The zero-order chi connectivity index (χ0) is 29.2. The number of aromatic nitrogens is 5. The molecule has 1 aliphatic heterocycles. The van der Waals surface area contributed by atoms with Crippen molar-refractivity contribution in [3.8, 4) is 5.75 Å². The van der Waals surface area contributed by atoms with Gasteiger partial charge >= 0.3 is 12.4 Å². The lowest BCUT2D eigenvalue weighted by Crippen LogP contribution is -2.51. The van der Waals surface area contributed by atoms with E-state index < -0.39 is 52.5 Å². The molecular weight excluding hydrogens is 557 g/mol. The third-order valence-electron chi connectivity index (χ3n) is 5.58. The van der Waals surface area contributed by atoms with Crippen LogP contribution in [0.4, 0.5) is 48.2 Å². The molecule has 0 saturated carbocycles. The lowest BCUT2D eigenvalue weighted by atomic mass is 10.2. The van der Waals surface area contributed by atoms with Crippen LogP contribution in [0.3, 0.4) is 0 Å². The van der Waals surface area contributed by atoms with Gasteiger partial charge in [0, 0.05) is 31.5 Å². The standard InChI is InChI=1S/C22H19F7N8O3/c1-11(34-14-8-33-35-19(39)18(14)22(27,28)29)10-40-15-4-16(30-7-13(15)23)37-3-2-36(9-17(37)38)20-31-5-12(6-32-20)21(24,25)26/h4-8,11H,2-3,9-10H2,1H3,(H2,34,35,39)/t11-/m0/s1. The molecule has 0 bridgehead atoms. The van der Waals surface area contributed by atoms with Crippen molar-refractivity contribution in [2.75, 3.05) is 41.4 Å². The van der Waals surface area contributed by atoms with Crippen molar-refractivity contribution in [3.05, 3.63) is 58.2 Å². The number of nitrogens with one attached hydrogen (secondary N) is 2. The highest BCUT2D eigenvalue weighted by Gasteiger charge is 2.38. The highest BCUT2D eigenvalue weighted by molar-refractivity contribution is 5.96. The molecule has 2 N–H and O–H groups in total. The molecule has 3 aromatic heterocycles. The van der Waals surface area contributed by atoms with Crippen LogP contribution in [0.1, 0.15) is 18.1 Å². The molecule has 3 aromatic rings. The summed E-state index contributed by atoms with van der Waals surface area (Å²) in [6.07, 6.45) is -6.77. The summed E-state index contributed by atoms with van der Waals surface area (Å²) in [5.74, 6) is -1.86. The average Bonchev–Trinajstić information content (AvgIpc) is 2.87. The van der Waals surface area contributed by atoms with E-state index >= 15 is 0 Å². The summed E-state index contributed by atoms with van der Waals surface area (Å²) >= 11 is 0. The van der Waals surface area contributed by atoms with E-state index in [1.807, 2.05) is 0 Å². The highest BCUT2D eigenvalue weighted by Crippen LogP contribution is 2.32. The van der Waals surface area contributed by atoms with Gasteiger partial charge in [-0.2, -0.15) is 31.4 Å². The molecule has 0 aromatic carbocycles. The third kappa shape index (κ3) is 6.37. The van der Waals surface area contributed by atoms with Crippen molar-refractivity contribution >= 4 is 23.4 Å². The van der Waals surface area contributed by atoms with E-state index in [0.717, 1.165) is 18.5 Å². The minimum atomic E-state index is -4.96. The number of ether oxygens (including phenoxy) is 1. The van der Waals surface area contributed by atoms with E-state index in [9.17, 15) is 40.3 Å². The van der Waals surface area contributed by atoms with Gasteiger partial charge in [0.1, 0.15) is 24.5 Å². The molecule has 214 valence electrons. The number of carbonyl (C=O) groups excluding carboxylic acids is 1. The number of amides is 1. The van der Waals surface area contributed by atoms with Gasteiger partial charge in [0.2, 0.25) is 11.9 Å². The molecule has 1 atom stereocenters. The number of piperazine rings is 1. The average molecular weight is 576 g/mol. The molecule has 0 spiro atoms. The number of alkyl halides is 6. The highest BCUT2D eigenvalue weighted by atomic mass is 19.4. The maximum Gasteiger partial charge on any atom is 0.423 e. The Morgan fingerprint density at radius 2 is 1.73 bits per heavy atom. The molecule has 4 heterocycles. The topological polar surface area (TPSA) is 129 Å².